The van der Waals surface area contributed by atoms with Crippen molar-refractivity contribution in [2.75, 3.05) is 0 Å². The SMILES string of the molecule is O=C1c2ccc(O)cc2O[C@H](c2ccc(O)cc2)[C@H]1[C@H]1C(=O)c2ccc(O)cc2O[C@@H]1c1ccc(O)cc1. The monoisotopic (exact) mass is 510 g/mol. The summed E-state index contributed by atoms with van der Waals surface area (Å²) in [6.45, 7) is 0. The number of fused-ring (bicyclic) bond motifs is 2. The largest absolute Gasteiger partial charge is 0.508 e. The van der Waals surface area contributed by atoms with Gasteiger partial charge in [-0.15, -0.1) is 0 Å². The maximum absolute atomic E-state index is 14.1. The van der Waals surface area contributed by atoms with E-state index >= 15 is 0 Å². The van der Waals surface area contributed by atoms with Crippen LogP contribution < -0.4 is 9.47 Å². The van der Waals surface area contributed by atoms with E-state index in [2.05, 4.69) is 0 Å². The van der Waals surface area contributed by atoms with Crippen LogP contribution in [0.15, 0.2) is 84.9 Å². The minimum Gasteiger partial charge on any atom is -0.508 e. The molecule has 0 aliphatic carbocycles. The molecule has 0 amide bonds. The smallest absolute Gasteiger partial charge is 0.174 e. The van der Waals surface area contributed by atoms with Crippen molar-refractivity contribution in [1.29, 1.82) is 0 Å². The summed E-state index contributed by atoms with van der Waals surface area (Å²) in [7, 11) is 0. The average molecular weight is 510 g/mol. The first-order valence-electron chi connectivity index (χ1n) is 12.0. The molecule has 4 N–H and O–H groups in total. The van der Waals surface area contributed by atoms with Gasteiger partial charge in [0.25, 0.3) is 0 Å². The van der Waals surface area contributed by atoms with E-state index in [-0.39, 0.29) is 57.2 Å². The van der Waals surface area contributed by atoms with Gasteiger partial charge in [-0.2, -0.15) is 0 Å². The first-order chi connectivity index (χ1) is 18.3. The summed E-state index contributed by atoms with van der Waals surface area (Å²) >= 11 is 0. The third-order valence-electron chi connectivity index (χ3n) is 7.06. The van der Waals surface area contributed by atoms with Crippen LogP contribution in [0.25, 0.3) is 0 Å². The van der Waals surface area contributed by atoms with Gasteiger partial charge in [-0.25, -0.2) is 0 Å². The lowest BCUT2D eigenvalue weighted by atomic mass is 9.70. The number of aromatic hydroxyl groups is 4. The Morgan fingerprint density at radius 3 is 1.18 bits per heavy atom. The number of carbonyl (C=O) groups excluding carboxylic acids is 2. The highest BCUT2D eigenvalue weighted by Crippen LogP contribution is 2.51. The number of Topliss-reactive ketones (excluding diaryl/α,β-unsaturated/α-hetero) is 2. The molecule has 6 rings (SSSR count). The van der Waals surface area contributed by atoms with Gasteiger partial charge in [0.15, 0.2) is 11.6 Å². The quantitative estimate of drug-likeness (QED) is 0.300. The molecule has 0 saturated heterocycles. The van der Waals surface area contributed by atoms with Crippen molar-refractivity contribution in [3.05, 3.63) is 107 Å². The molecule has 4 aromatic rings. The molecule has 0 aromatic heterocycles. The van der Waals surface area contributed by atoms with Gasteiger partial charge in [0.05, 0.1) is 23.0 Å². The summed E-state index contributed by atoms with van der Waals surface area (Å²) < 4.78 is 12.6. The normalized spacial score (nSPS) is 22.1. The minimum atomic E-state index is -1.05. The van der Waals surface area contributed by atoms with E-state index in [1.54, 1.807) is 24.3 Å². The summed E-state index contributed by atoms with van der Waals surface area (Å²) in [5, 5.41) is 39.8. The van der Waals surface area contributed by atoms with Gasteiger partial charge < -0.3 is 29.9 Å². The Labute approximate surface area is 217 Å². The molecule has 2 aliphatic heterocycles. The summed E-state index contributed by atoms with van der Waals surface area (Å²) in [5.74, 6) is -2.57. The molecule has 4 aromatic carbocycles. The number of ketones is 2. The molecule has 0 spiro atoms. The van der Waals surface area contributed by atoms with Crippen LogP contribution in [0.3, 0.4) is 0 Å². The maximum Gasteiger partial charge on any atom is 0.174 e. The van der Waals surface area contributed by atoms with Gasteiger partial charge in [0, 0.05) is 12.1 Å². The molecule has 8 nitrogen and oxygen atoms in total. The molecule has 0 bridgehead atoms. The highest BCUT2D eigenvalue weighted by Gasteiger charge is 2.52. The van der Waals surface area contributed by atoms with Crippen molar-refractivity contribution in [3.63, 3.8) is 0 Å². The van der Waals surface area contributed by atoms with Crippen LogP contribution in [0.4, 0.5) is 0 Å². The lowest BCUT2D eigenvalue weighted by molar-refractivity contribution is 0.0135. The first-order valence-corrected chi connectivity index (χ1v) is 12.0. The fourth-order valence-electron chi connectivity index (χ4n) is 5.26. The molecule has 0 unspecified atom stereocenters. The summed E-state index contributed by atoms with van der Waals surface area (Å²) in [4.78, 5) is 28.2. The van der Waals surface area contributed by atoms with E-state index in [0.29, 0.717) is 11.1 Å². The molecular formula is C30H22O8. The van der Waals surface area contributed by atoms with E-state index in [1.165, 1.54) is 60.7 Å². The average Bonchev–Trinajstić information content (AvgIpc) is 2.90. The Morgan fingerprint density at radius 1 is 0.474 bits per heavy atom. The van der Waals surface area contributed by atoms with Crippen molar-refractivity contribution >= 4 is 11.6 Å². The zero-order chi connectivity index (χ0) is 26.6. The van der Waals surface area contributed by atoms with Crippen LogP contribution in [0.5, 0.6) is 34.5 Å². The second kappa shape index (κ2) is 8.85. The fraction of sp³-hybridized carbons (Fsp3) is 0.133. The predicted molar refractivity (Wildman–Crippen MR) is 135 cm³/mol. The molecule has 38 heavy (non-hydrogen) atoms. The second-order valence-electron chi connectivity index (χ2n) is 9.40. The van der Waals surface area contributed by atoms with Gasteiger partial charge in [0.1, 0.15) is 46.7 Å². The van der Waals surface area contributed by atoms with Crippen molar-refractivity contribution in [2.24, 2.45) is 11.8 Å². The molecule has 190 valence electrons. The Balaban J connectivity index is 1.55. The highest BCUT2D eigenvalue weighted by atomic mass is 16.5. The van der Waals surface area contributed by atoms with Crippen LogP contribution >= 0.6 is 0 Å². The van der Waals surface area contributed by atoms with Gasteiger partial charge in [-0.3, -0.25) is 9.59 Å². The zero-order valence-electron chi connectivity index (χ0n) is 19.8. The molecule has 0 fully saturated rings. The second-order valence-corrected chi connectivity index (χ2v) is 9.40. The number of benzene rings is 4. The Bertz CT molecular complexity index is 1440. The van der Waals surface area contributed by atoms with Crippen molar-refractivity contribution in [3.8, 4) is 34.5 Å². The number of ether oxygens (including phenoxy) is 2. The maximum atomic E-state index is 14.1. The molecule has 2 heterocycles. The molecule has 0 radical (unpaired) electrons. The number of hydrogen-bond acceptors (Lipinski definition) is 8. The molecule has 8 heteroatoms. The molecule has 2 aliphatic rings. The predicted octanol–water partition coefficient (Wildman–Crippen LogP) is 5.07. The van der Waals surface area contributed by atoms with Gasteiger partial charge in [0.2, 0.25) is 0 Å². The first kappa shape index (κ1) is 23.4. The van der Waals surface area contributed by atoms with Gasteiger partial charge in [-0.05, 0) is 59.7 Å². The Hall–Kier alpha value is -4.98. The highest BCUT2D eigenvalue weighted by molar-refractivity contribution is 6.09. The number of hydrogen-bond donors (Lipinski definition) is 4. The molecule has 0 saturated carbocycles. The lowest BCUT2D eigenvalue weighted by Gasteiger charge is -2.42. The topological polar surface area (TPSA) is 134 Å². The number of phenolic OH excluding ortho intramolecular Hbond substituents is 4. The fourth-order valence-corrected chi connectivity index (χ4v) is 5.26. The van der Waals surface area contributed by atoms with Crippen LogP contribution in [0, 0.1) is 11.8 Å². The number of carbonyl (C=O) groups is 2. The zero-order valence-corrected chi connectivity index (χ0v) is 19.8. The van der Waals surface area contributed by atoms with Gasteiger partial charge >= 0.3 is 0 Å². The third-order valence-corrected chi connectivity index (χ3v) is 7.06. The van der Waals surface area contributed by atoms with Gasteiger partial charge in [-0.1, -0.05) is 24.3 Å². The van der Waals surface area contributed by atoms with Crippen LogP contribution in [-0.4, -0.2) is 32.0 Å². The van der Waals surface area contributed by atoms with Crippen molar-refractivity contribution in [2.45, 2.75) is 12.2 Å². The van der Waals surface area contributed by atoms with E-state index < -0.39 is 24.0 Å². The molecular weight excluding hydrogens is 488 g/mol. The van der Waals surface area contributed by atoms with E-state index in [4.69, 9.17) is 9.47 Å². The Morgan fingerprint density at radius 2 is 0.816 bits per heavy atom. The van der Waals surface area contributed by atoms with Crippen LogP contribution in [-0.2, 0) is 0 Å². The minimum absolute atomic E-state index is 0.0262. The Kier molecular flexibility index (Phi) is 5.45. The molecule has 4 atom stereocenters. The lowest BCUT2D eigenvalue weighted by Crippen LogP contribution is -2.45. The van der Waals surface area contributed by atoms with Crippen molar-refractivity contribution in [1.82, 2.24) is 0 Å². The number of phenols is 4. The van der Waals surface area contributed by atoms with Crippen LogP contribution in [0.2, 0.25) is 0 Å². The summed E-state index contributed by atoms with van der Waals surface area (Å²) in [6, 6.07) is 20.7. The summed E-state index contributed by atoms with van der Waals surface area (Å²) in [5.41, 5.74) is 1.53. The standard InChI is InChI=1S/C30H22O8/c31-17-5-1-15(2-6-17)29-25(27(35)21-11-9-19(33)13-23(21)37-29)26-28(36)22-12-10-20(34)14-24(22)38-30(26)16-3-7-18(32)8-4-16/h1-14,25-26,29-34H/t25-,26-,29+,30+/m0/s1. The van der Waals surface area contributed by atoms with Crippen LogP contribution in [0.1, 0.15) is 44.1 Å². The third kappa shape index (κ3) is 3.87. The van der Waals surface area contributed by atoms with E-state index in [9.17, 15) is 30.0 Å². The van der Waals surface area contributed by atoms with Crippen molar-refractivity contribution < 1.29 is 39.5 Å². The van der Waals surface area contributed by atoms with E-state index in [1.807, 2.05) is 0 Å². The summed E-state index contributed by atoms with van der Waals surface area (Å²) in [6.07, 6.45) is -1.90. The van der Waals surface area contributed by atoms with E-state index in [0.717, 1.165) is 0 Å². The number of rotatable bonds is 3.